The zero-order chi connectivity index (χ0) is 13.7. The Balaban J connectivity index is 1.82. The van der Waals surface area contributed by atoms with Gasteiger partial charge in [-0.3, -0.25) is 0 Å². The van der Waals surface area contributed by atoms with Gasteiger partial charge in [0, 0.05) is 12.6 Å². The second-order valence-electron chi connectivity index (χ2n) is 4.90. The summed E-state index contributed by atoms with van der Waals surface area (Å²) in [4.78, 5) is 10.3. The number of methoxy groups -OCH3 is 1. The predicted molar refractivity (Wildman–Crippen MR) is 71.9 cm³/mol. The molecule has 0 spiro atoms. The highest BCUT2D eigenvalue weighted by Crippen LogP contribution is 2.18. The predicted octanol–water partition coefficient (Wildman–Crippen LogP) is 1.91. The first-order chi connectivity index (χ1) is 9.20. The van der Waals surface area contributed by atoms with Crippen LogP contribution in [-0.2, 0) is 0 Å². The minimum Gasteiger partial charge on any atom is -0.479 e. The molecule has 5 nitrogen and oxygen atoms in total. The van der Waals surface area contributed by atoms with Gasteiger partial charge in [-0.05, 0) is 32.9 Å². The topological polar surface area (TPSA) is 50.3 Å². The summed E-state index contributed by atoms with van der Waals surface area (Å²) in [7, 11) is 3.56. The lowest BCUT2D eigenvalue weighted by atomic mass is 10.0. The molecule has 1 fully saturated rings. The summed E-state index contributed by atoms with van der Waals surface area (Å²) in [6.45, 7) is 1.95. The van der Waals surface area contributed by atoms with Crippen molar-refractivity contribution in [3.8, 4) is 5.88 Å². The van der Waals surface area contributed by atoms with Crippen LogP contribution < -0.4 is 10.1 Å². The van der Waals surface area contributed by atoms with Gasteiger partial charge in [0.1, 0.15) is 0 Å². The summed E-state index contributed by atoms with van der Waals surface area (Å²) in [5, 5.41) is 3.12. The van der Waals surface area contributed by atoms with E-state index in [1.807, 2.05) is 0 Å². The van der Waals surface area contributed by atoms with Gasteiger partial charge in [0.05, 0.1) is 13.3 Å². The summed E-state index contributed by atoms with van der Waals surface area (Å²) in [5.41, 5.74) is 0. The Labute approximate surface area is 113 Å². The number of aromatic nitrogens is 2. The van der Waals surface area contributed by atoms with Crippen molar-refractivity contribution in [1.29, 1.82) is 0 Å². The molecule has 0 aliphatic carbocycles. The fourth-order valence-corrected chi connectivity index (χ4v) is 2.44. The van der Waals surface area contributed by atoms with Crippen LogP contribution in [0.5, 0.6) is 5.88 Å². The Morgan fingerprint density at radius 3 is 3.11 bits per heavy atom. The minimum atomic E-state index is -0.542. The van der Waals surface area contributed by atoms with Gasteiger partial charge in [-0.15, -0.1) is 0 Å². The number of anilines is 1. The van der Waals surface area contributed by atoms with Crippen molar-refractivity contribution in [3.05, 3.63) is 12.0 Å². The van der Waals surface area contributed by atoms with Gasteiger partial charge in [0.25, 0.3) is 5.88 Å². The molecule has 0 aromatic carbocycles. The molecule has 0 saturated carbocycles. The molecule has 1 aromatic heterocycles. The van der Waals surface area contributed by atoms with E-state index >= 15 is 0 Å². The molecule has 1 aliphatic rings. The third-order valence-corrected chi connectivity index (χ3v) is 3.59. The quantitative estimate of drug-likeness (QED) is 0.884. The van der Waals surface area contributed by atoms with Gasteiger partial charge in [0.15, 0.2) is 0 Å². The van der Waals surface area contributed by atoms with Crippen LogP contribution in [0.4, 0.5) is 10.3 Å². The normalized spacial score (nSPS) is 20.3. The summed E-state index contributed by atoms with van der Waals surface area (Å²) < 4.78 is 18.0. The second-order valence-corrected chi connectivity index (χ2v) is 4.90. The van der Waals surface area contributed by atoms with Gasteiger partial charge in [-0.25, -0.2) is 4.98 Å². The monoisotopic (exact) mass is 268 g/mol. The van der Waals surface area contributed by atoms with Gasteiger partial charge < -0.3 is 15.0 Å². The maximum Gasteiger partial charge on any atom is 0.255 e. The summed E-state index contributed by atoms with van der Waals surface area (Å²) in [6, 6.07) is 0.614. The van der Waals surface area contributed by atoms with Crippen molar-refractivity contribution in [2.24, 2.45) is 0 Å². The summed E-state index contributed by atoms with van der Waals surface area (Å²) in [5.74, 6) is -0.149. The fraction of sp³-hybridized carbons (Fsp3) is 0.692. The van der Waals surface area contributed by atoms with Gasteiger partial charge in [0.2, 0.25) is 11.8 Å². The maximum absolute atomic E-state index is 13.1. The standard InChI is InChI=1S/C13H21FN4O/c1-18-8-4-3-5-10(18)6-7-15-13-16-9-11(14)12(17-13)19-2/h9-10H,3-8H2,1-2H3,(H,15,16,17)/t10-/m1/s1. The smallest absolute Gasteiger partial charge is 0.255 e. The number of likely N-dealkylation sites (tertiary alicyclic amines) is 1. The van der Waals surface area contributed by atoms with Gasteiger partial charge >= 0.3 is 0 Å². The van der Waals surface area contributed by atoms with Crippen molar-refractivity contribution < 1.29 is 9.13 Å². The third-order valence-electron chi connectivity index (χ3n) is 3.59. The third kappa shape index (κ3) is 3.76. The van der Waals surface area contributed by atoms with Crippen LogP contribution in [0.3, 0.4) is 0 Å². The van der Waals surface area contributed by atoms with Crippen LogP contribution >= 0.6 is 0 Å². The zero-order valence-electron chi connectivity index (χ0n) is 11.5. The first kappa shape index (κ1) is 14.0. The number of nitrogens with one attached hydrogen (secondary N) is 1. The van der Waals surface area contributed by atoms with E-state index in [9.17, 15) is 4.39 Å². The van der Waals surface area contributed by atoms with E-state index in [-0.39, 0.29) is 5.88 Å². The average Bonchev–Trinajstić information content (AvgIpc) is 2.43. The van der Waals surface area contributed by atoms with Crippen LogP contribution in [0.1, 0.15) is 25.7 Å². The van der Waals surface area contributed by atoms with E-state index in [0.717, 1.165) is 19.2 Å². The molecule has 1 N–H and O–H groups in total. The number of halogens is 1. The summed E-state index contributed by atoms with van der Waals surface area (Å²) in [6.07, 6.45) is 6.00. The number of rotatable bonds is 5. The number of hydrogen-bond donors (Lipinski definition) is 1. The molecule has 0 bridgehead atoms. The summed E-state index contributed by atoms with van der Waals surface area (Å²) >= 11 is 0. The zero-order valence-corrected chi connectivity index (χ0v) is 11.5. The molecule has 1 aliphatic heterocycles. The van der Waals surface area contributed by atoms with E-state index in [0.29, 0.717) is 12.0 Å². The second kappa shape index (κ2) is 6.65. The van der Waals surface area contributed by atoms with Crippen molar-refractivity contribution in [1.82, 2.24) is 14.9 Å². The lowest BCUT2D eigenvalue weighted by Crippen LogP contribution is -2.37. The van der Waals surface area contributed by atoms with Crippen LogP contribution in [0, 0.1) is 5.82 Å². The van der Waals surface area contributed by atoms with Crippen molar-refractivity contribution in [2.45, 2.75) is 31.7 Å². The van der Waals surface area contributed by atoms with E-state index in [4.69, 9.17) is 4.74 Å². The number of piperidine rings is 1. The molecular formula is C13H21FN4O. The molecule has 106 valence electrons. The molecule has 0 amide bonds. The molecule has 0 radical (unpaired) electrons. The van der Waals surface area contributed by atoms with E-state index in [1.54, 1.807) is 0 Å². The number of hydrogen-bond acceptors (Lipinski definition) is 5. The van der Waals surface area contributed by atoms with Crippen molar-refractivity contribution >= 4 is 5.95 Å². The van der Waals surface area contributed by atoms with E-state index < -0.39 is 5.82 Å². The van der Waals surface area contributed by atoms with E-state index in [1.165, 1.54) is 32.9 Å². The van der Waals surface area contributed by atoms with Crippen LogP contribution in [-0.4, -0.2) is 48.2 Å². The first-order valence-corrected chi connectivity index (χ1v) is 6.71. The average molecular weight is 268 g/mol. The molecule has 1 saturated heterocycles. The Morgan fingerprint density at radius 2 is 2.37 bits per heavy atom. The lowest BCUT2D eigenvalue weighted by Gasteiger charge is -2.32. The van der Waals surface area contributed by atoms with Gasteiger partial charge in [-0.1, -0.05) is 6.42 Å². The largest absolute Gasteiger partial charge is 0.479 e. The van der Waals surface area contributed by atoms with Crippen LogP contribution in [0.25, 0.3) is 0 Å². The Bertz CT molecular complexity index is 416. The molecule has 1 atom stereocenters. The maximum atomic E-state index is 13.1. The van der Waals surface area contributed by atoms with Crippen molar-refractivity contribution in [2.75, 3.05) is 32.6 Å². The first-order valence-electron chi connectivity index (χ1n) is 6.71. The molecule has 6 heteroatoms. The van der Waals surface area contributed by atoms with Crippen LogP contribution in [0.15, 0.2) is 6.20 Å². The highest BCUT2D eigenvalue weighted by Gasteiger charge is 2.18. The minimum absolute atomic E-state index is 0.0210. The molecular weight excluding hydrogens is 247 g/mol. The Kier molecular flexibility index (Phi) is 4.90. The lowest BCUT2D eigenvalue weighted by molar-refractivity contribution is 0.179. The molecule has 19 heavy (non-hydrogen) atoms. The van der Waals surface area contributed by atoms with Crippen LogP contribution in [0.2, 0.25) is 0 Å². The fourth-order valence-electron chi connectivity index (χ4n) is 2.44. The number of ether oxygens (including phenoxy) is 1. The molecule has 2 rings (SSSR count). The number of nitrogens with zero attached hydrogens (tertiary/aromatic N) is 3. The Hall–Kier alpha value is -1.43. The SMILES string of the molecule is COc1nc(NCC[C@H]2CCCCN2C)ncc1F. The highest BCUT2D eigenvalue weighted by molar-refractivity contribution is 5.28. The molecule has 1 aromatic rings. The van der Waals surface area contributed by atoms with E-state index in [2.05, 4.69) is 27.2 Å². The van der Waals surface area contributed by atoms with Crippen molar-refractivity contribution in [3.63, 3.8) is 0 Å². The molecule has 2 heterocycles. The molecule has 0 unspecified atom stereocenters. The van der Waals surface area contributed by atoms with Gasteiger partial charge in [-0.2, -0.15) is 9.37 Å². The Morgan fingerprint density at radius 1 is 1.53 bits per heavy atom. The highest BCUT2D eigenvalue weighted by atomic mass is 19.1.